The summed E-state index contributed by atoms with van der Waals surface area (Å²) in [5, 5.41) is 7.10. The molecule has 0 saturated carbocycles. The molecule has 1 aromatic heterocycles. The van der Waals surface area contributed by atoms with E-state index in [4.69, 9.17) is 17.0 Å². The van der Waals surface area contributed by atoms with Crippen LogP contribution in [0.2, 0.25) is 0 Å². The van der Waals surface area contributed by atoms with Crippen LogP contribution < -0.4 is 0 Å². The number of amides is 1. The lowest BCUT2D eigenvalue weighted by Gasteiger charge is -2.25. The van der Waals surface area contributed by atoms with Gasteiger partial charge in [0.1, 0.15) is 6.54 Å². The van der Waals surface area contributed by atoms with Gasteiger partial charge in [0.05, 0.1) is 13.0 Å². The molecular weight excluding hydrogens is 412 g/mol. The zero-order valence-electron chi connectivity index (χ0n) is 17.9. The average molecular weight is 439 g/mol. The van der Waals surface area contributed by atoms with Gasteiger partial charge in [-0.15, -0.1) is 0 Å². The molecule has 0 aliphatic rings. The normalized spacial score (nSPS) is 11.7. The van der Waals surface area contributed by atoms with Crippen LogP contribution in [-0.4, -0.2) is 45.2 Å². The number of carbonyl (C=O) groups excluding carboxylic acids is 2. The van der Waals surface area contributed by atoms with Crippen molar-refractivity contribution < 1.29 is 14.3 Å². The van der Waals surface area contributed by atoms with Crippen LogP contribution in [0.15, 0.2) is 54.6 Å². The summed E-state index contributed by atoms with van der Waals surface area (Å²) in [6, 6.07) is 17.5. The SMILES string of the molecule is COC(=O)C(C)CN(Cc1ccccc1)C(=O)Cn1c(-c2ccc(C)cc2)n[nH]c1=S. The van der Waals surface area contributed by atoms with E-state index in [-0.39, 0.29) is 25.0 Å². The number of aromatic amines is 1. The number of methoxy groups -OCH3 is 1. The summed E-state index contributed by atoms with van der Waals surface area (Å²) in [7, 11) is 1.35. The van der Waals surface area contributed by atoms with Crippen LogP contribution in [0, 0.1) is 17.6 Å². The van der Waals surface area contributed by atoms with Crippen molar-refractivity contribution in [1.29, 1.82) is 0 Å². The molecule has 31 heavy (non-hydrogen) atoms. The van der Waals surface area contributed by atoms with Crippen molar-refractivity contribution in [3.63, 3.8) is 0 Å². The number of hydrogen-bond donors (Lipinski definition) is 1. The lowest BCUT2D eigenvalue weighted by Crippen LogP contribution is -2.38. The number of hydrogen-bond acceptors (Lipinski definition) is 5. The second-order valence-corrected chi connectivity index (χ2v) is 7.88. The van der Waals surface area contributed by atoms with Gasteiger partial charge in [0.25, 0.3) is 0 Å². The number of aromatic nitrogens is 3. The van der Waals surface area contributed by atoms with Crippen LogP contribution in [-0.2, 0) is 27.4 Å². The topological polar surface area (TPSA) is 80.2 Å². The fraction of sp³-hybridized carbons (Fsp3) is 0.304. The zero-order chi connectivity index (χ0) is 22.4. The molecule has 1 atom stereocenters. The number of ether oxygens (including phenoxy) is 1. The Kier molecular flexibility index (Phi) is 7.36. The van der Waals surface area contributed by atoms with Gasteiger partial charge >= 0.3 is 5.97 Å². The first kappa shape index (κ1) is 22.4. The Morgan fingerprint density at radius 2 is 1.84 bits per heavy atom. The highest BCUT2D eigenvalue weighted by atomic mass is 32.1. The molecule has 0 bridgehead atoms. The van der Waals surface area contributed by atoms with E-state index in [1.54, 1.807) is 16.4 Å². The smallest absolute Gasteiger partial charge is 0.310 e. The fourth-order valence-electron chi connectivity index (χ4n) is 3.29. The maximum atomic E-state index is 13.3. The van der Waals surface area contributed by atoms with Crippen LogP contribution in [0.25, 0.3) is 11.4 Å². The van der Waals surface area contributed by atoms with E-state index in [0.717, 1.165) is 16.7 Å². The molecule has 2 aromatic carbocycles. The van der Waals surface area contributed by atoms with Crippen molar-refractivity contribution in [1.82, 2.24) is 19.7 Å². The Labute approximate surface area is 186 Å². The fourth-order valence-corrected chi connectivity index (χ4v) is 3.48. The molecule has 0 aliphatic heterocycles. The Hall–Kier alpha value is -3.26. The summed E-state index contributed by atoms with van der Waals surface area (Å²) in [6.07, 6.45) is 0. The second kappa shape index (κ2) is 10.2. The van der Waals surface area contributed by atoms with Crippen molar-refractivity contribution in [2.75, 3.05) is 13.7 Å². The van der Waals surface area contributed by atoms with Gasteiger partial charge in [-0.1, -0.05) is 67.1 Å². The first-order chi connectivity index (χ1) is 14.9. The number of aryl methyl sites for hydroxylation is 1. The van der Waals surface area contributed by atoms with Gasteiger partial charge in [0.15, 0.2) is 10.6 Å². The largest absolute Gasteiger partial charge is 0.469 e. The van der Waals surface area contributed by atoms with Gasteiger partial charge in [-0.2, -0.15) is 5.10 Å². The summed E-state index contributed by atoms with van der Waals surface area (Å²) in [4.78, 5) is 26.9. The van der Waals surface area contributed by atoms with E-state index in [1.807, 2.05) is 61.5 Å². The summed E-state index contributed by atoms with van der Waals surface area (Å²) in [5.41, 5.74) is 2.97. The number of H-pyrrole nitrogens is 1. The van der Waals surface area contributed by atoms with E-state index in [1.165, 1.54) is 7.11 Å². The van der Waals surface area contributed by atoms with Gasteiger partial charge in [-0.25, -0.2) is 0 Å². The molecular formula is C23H26N4O3S. The van der Waals surface area contributed by atoms with Gasteiger partial charge in [0, 0.05) is 18.7 Å². The summed E-state index contributed by atoms with van der Waals surface area (Å²) < 4.78 is 6.89. The third-order valence-electron chi connectivity index (χ3n) is 5.03. The van der Waals surface area contributed by atoms with E-state index in [0.29, 0.717) is 17.1 Å². The second-order valence-electron chi connectivity index (χ2n) is 7.49. The molecule has 3 aromatic rings. The van der Waals surface area contributed by atoms with Crippen LogP contribution >= 0.6 is 12.2 Å². The van der Waals surface area contributed by atoms with Crippen molar-refractivity contribution in [3.05, 3.63) is 70.5 Å². The molecule has 3 rings (SSSR count). The summed E-state index contributed by atoms with van der Waals surface area (Å²) in [6.45, 7) is 4.39. The highest BCUT2D eigenvalue weighted by Crippen LogP contribution is 2.19. The minimum Gasteiger partial charge on any atom is -0.469 e. The Balaban J connectivity index is 1.86. The first-order valence-electron chi connectivity index (χ1n) is 10.0. The molecule has 0 aliphatic carbocycles. The predicted molar refractivity (Wildman–Crippen MR) is 121 cm³/mol. The monoisotopic (exact) mass is 438 g/mol. The molecule has 1 heterocycles. The van der Waals surface area contributed by atoms with Crippen LogP contribution in [0.1, 0.15) is 18.1 Å². The molecule has 8 heteroatoms. The number of nitrogens with zero attached hydrogens (tertiary/aromatic N) is 3. The molecule has 1 unspecified atom stereocenters. The summed E-state index contributed by atoms with van der Waals surface area (Å²) in [5.74, 6) is -0.373. The van der Waals surface area contributed by atoms with E-state index < -0.39 is 5.92 Å². The van der Waals surface area contributed by atoms with Crippen LogP contribution in [0.3, 0.4) is 0 Å². The quantitative estimate of drug-likeness (QED) is 0.428. The number of nitrogens with one attached hydrogen (secondary N) is 1. The van der Waals surface area contributed by atoms with E-state index in [2.05, 4.69) is 10.2 Å². The van der Waals surface area contributed by atoms with Crippen LogP contribution in [0.4, 0.5) is 0 Å². The van der Waals surface area contributed by atoms with E-state index >= 15 is 0 Å². The molecule has 0 spiro atoms. The number of esters is 1. The Bertz CT molecular complexity index is 1090. The van der Waals surface area contributed by atoms with E-state index in [9.17, 15) is 9.59 Å². The Morgan fingerprint density at radius 1 is 1.16 bits per heavy atom. The summed E-state index contributed by atoms with van der Waals surface area (Å²) >= 11 is 5.38. The van der Waals surface area contributed by atoms with Crippen molar-refractivity contribution in [2.24, 2.45) is 5.92 Å². The van der Waals surface area contributed by atoms with Crippen molar-refractivity contribution in [2.45, 2.75) is 26.9 Å². The van der Waals surface area contributed by atoms with Gasteiger partial charge < -0.3 is 9.64 Å². The maximum Gasteiger partial charge on any atom is 0.310 e. The number of carbonyl (C=O) groups is 2. The lowest BCUT2D eigenvalue weighted by atomic mass is 10.1. The van der Waals surface area contributed by atoms with Crippen LogP contribution in [0.5, 0.6) is 0 Å². The third kappa shape index (κ3) is 5.67. The molecule has 0 fully saturated rings. The zero-order valence-corrected chi connectivity index (χ0v) is 18.7. The number of rotatable bonds is 8. The lowest BCUT2D eigenvalue weighted by molar-refractivity contribution is -0.146. The molecule has 162 valence electrons. The predicted octanol–water partition coefficient (Wildman–Crippen LogP) is 3.75. The highest BCUT2D eigenvalue weighted by molar-refractivity contribution is 7.71. The third-order valence-corrected chi connectivity index (χ3v) is 5.34. The van der Waals surface area contributed by atoms with Crippen molar-refractivity contribution in [3.8, 4) is 11.4 Å². The molecule has 1 amide bonds. The highest BCUT2D eigenvalue weighted by Gasteiger charge is 2.23. The molecule has 1 N–H and O–H groups in total. The van der Waals surface area contributed by atoms with Crippen molar-refractivity contribution >= 4 is 24.1 Å². The van der Waals surface area contributed by atoms with Gasteiger partial charge in [-0.05, 0) is 24.7 Å². The maximum absolute atomic E-state index is 13.3. The molecule has 0 saturated heterocycles. The molecule has 7 nitrogen and oxygen atoms in total. The van der Waals surface area contributed by atoms with Gasteiger partial charge in [-0.3, -0.25) is 19.3 Å². The Morgan fingerprint density at radius 3 is 2.48 bits per heavy atom. The first-order valence-corrected chi connectivity index (χ1v) is 10.4. The standard InChI is InChI=1S/C23H26N4O3S/c1-16-9-11-19(12-10-16)21-24-25-23(31)27(21)15-20(28)26(13-17(2)22(29)30-3)14-18-7-5-4-6-8-18/h4-12,17H,13-15H2,1-3H3,(H,25,31). The minimum absolute atomic E-state index is 0.0132. The molecule has 0 radical (unpaired) electrons. The average Bonchev–Trinajstić information content (AvgIpc) is 3.13. The minimum atomic E-state index is -0.452. The van der Waals surface area contributed by atoms with Gasteiger partial charge in [0.2, 0.25) is 5.91 Å². The number of benzene rings is 2.